The Kier molecular flexibility index (Phi) is 2.81. The predicted molar refractivity (Wildman–Crippen MR) is 74.5 cm³/mol. The van der Waals surface area contributed by atoms with Gasteiger partial charge in [-0.3, -0.25) is 10.7 Å². The van der Waals surface area contributed by atoms with Crippen molar-refractivity contribution in [1.29, 1.82) is 5.41 Å². The zero-order chi connectivity index (χ0) is 13.5. The van der Waals surface area contributed by atoms with E-state index in [4.69, 9.17) is 5.41 Å². The van der Waals surface area contributed by atoms with Crippen LogP contribution in [-0.4, -0.2) is 28.9 Å². The number of amides is 2. The van der Waals surface area contributed by atoms with Gasteiger partial charge in [-0.2, -0.15) is 0 Å². The molecule has 1 saturated heterocycles. The Morgan fingerprint density at radius 3 is 2.84 bits per heavy atom. The first-order valence-corrected chi connectivity index (χ1v) is 6.92. The average Bonchev–Trinajstić information content (AvgIpc) is 2.64. The number of urea groups is 1. The van der Waals surface area contributed by atoms with Gasteiger partial charge < -0.3 is 4.90 Å². The van der Waals surface area contributed by atoms with Crippen LogP contribution >= 0.6 is 0 Å². The van der Waals surface area contributed by atoms with Crippen LogP contribution in [0.4, 0.5) is 4.79 Å². The Hall–Kier alpha value is -1.84. The number of aryl methyl sites for hydroxylation is 1. The molecule has 1 aliphatic carbocycles. The fourth-order valence-corrected chi connectivity index (χ4v) is 3.32. The van der Waals surface area contributed by atoms with Gasteiger partial charge in [0, 0.05) is 13.0 Å². The highest BCUT2D eigenvalue weighted by Gasteiger charge is 2.50. The lowest BCUT2D eigenvalue weighted by atomic mass is 9.76. The van der Waals surface area contributed by atoms with Crippen molar-refractivity contribution in [2.45, 2.75) is 38.1 Å². The summed E-state index contributed by atoms with van der Waals surface area (Å²) in [7, 11) is 0. The van der Waals surface area contributed by atoms with Crippen LogP contribution in [-0.2, 0) is 12.8 Å². The molecule has 4 nitrogen and oxygen atoms in total. The minimum absolute atomic E-state index is 0.105. The average molecular weight is 257 g/mol. The zero-order valence-corrected chi connectivity index (χ0v) is 11.2. The molecule has 1 aromatic carbocycles. The Bertz CT molecular complexity index is 540. The number of amidine groups is 1. The summed E-state index contributed by atoms with van der Waals surface area (Å²) < 4.78 is 0. The maximum absolute atomic E-state index is 12.0. The van der Waals surface area contributed by atoms with Crippen LogP contribution in [0.2, 0.25) is 0 Å². The molecule has 0 saturated carbocycles. The number of nitrogens with one attached hydrogen (secondary N) is 2. The van der Waals surface area contributed by atoms with Crippen LogP contribution in [0, 0.1) is 5.41 Å². The highest BCUT2D eigenvalue weighted by Crippen LogP contribution is 2.36. The fourth-order valence-electron chi connectivity index (χ4n) is 3.32. The monoisotopic (exact) mass is 257 g/mol. The van der Waals surface area contributed by atoms with E-state index >= 15 is 0 Å². The molecule has 1 aliphatic heterocycles. The van der Waals surface area contributed by atoms with Gasteiger partial charge in [0.05, 0.1) is 0 Å². The van der Waals surface area contributed by atoms with Crippen LogP contribution < -0.4 is 5.32 Å². The molecular formula is C15H19N3O. The van der Waals surface area contributed by atoms with Crippen LogP contribution in [0.25, 0.3) is 0 Å². The van der Waals surface area contributed by atoms with Crippen molar-refractivity contribution >= 4 is 11.9 Å². The molecular weight excluding hydrogens is 238 g/mol. The summed E-state index contributed by atoms with van der Waals surface area (Å²) >= 11 is 0. The van der Waals surface area contributed by atoms with E-state index in [2.05, 4.69) is 30.4 Å². The third-order valence-corrected chi connectivity index (χ3v) is 4.32. The van der Waals surface area contributed by atoms with E-state index in [0.717, 1.165) is 32.2 Å². The third kappa shape index (κ3) is 1.74. The summed E-state index contributed by atoms with van der Waals surface area (Å²) in [5, 5.41) is 10.9. The van der Waals surface area contributed by atoms with E-state index < -0.39 is 5.54 Å². The smallest absolute Gasteiger partial charge is 0.311 e. The van der Waals surface area contributed by atoms with Crippen LogP contribution in [0.1, 0.15) is 30.9 Å². The second-order valence-corrected chi connectivity index (χ2v) is 5.43. The second kappa shape index (κ2) is 4.37. The molecule has 2 aliphatic rings. The van der Waals surface area contributed by atoms with Crippen LogP contribution in [0.15, 0.2) is 24.3 Å². The van der Waals surface area contributed by atoms with Crippen molar-refractivity contribution in [2.75, 3.05) is 6.54 Å². The molecule has 0 aromatic heterocycles. The number of carbonyl (C=O) groups is 1. The third-order valence-electron chi connectivity index (χ3n) is 4.32. The summed E-state index contributed by atoms with van der Waals surface area (Å²) in [4.78, 5) is 13.9. The van der Waals surface area contributed by atoms with Gasteiger partial charge in [0.1, 0.15) is 11.4 Å². The van der Waals surface area contributed by atoms with Crippen LogP contribution in [0.3, 0.4) is 0 Å². The number of hydrogen-bond acceptors (Lipinski definition) is 2. The molecule has 100 valence electrons. The Balaban J connectivity index is 1.99. The standard InChI is InChI=1S/C15H19N3O/c1-2-9-18-14(19)17-13(16)15(18)8-7-11-5-3-4-6-12(11)10-15/h3-6H,2,7-10H2,1H3,(H2,16,17,19). The van der Waals surface area contributed by atoms with Crippen molar-refractivity contribution in [1.82, 2.24) is 10.2 Å². The molecule has 1 unspecified atom stereocenters. The Morgan fingerprint density at radius 2 is 2.11 bits per heavy atom. The molecule has 1 aromatic rings. The van der Waals surface area contributed by atoms with Gasteiger partial charge >= 0.3 is 6.03 Å². The Labute approximate surface area is 113 Å². The maximum Gasteiger partial charge on any atom is 0.323 e. The SMILES string of the molecule is CCCN1C(=O)NC(=N)C12CCc1ccccc1C2. The van der Waals surface area contributed by atoms with Gasteiger partial charge in [0.15, 0.2) is 0 Å². The first kappa shape index (κ1) is 12.2. The number of nitrogens with zero attached hydrogens (tertiary/aromatic N) is 1. The van der Waals surface area contributed by atoms with E-state index in [1.807, 2.05) is 11.0 Å². The molecule has 1 atom stereocenters. The molecule has 0 bridgehead atoms. The molecule has 1 fully saturated rings. The Morgan fingerprint density at radius 1 is 1.37 bits per heavy atom. The minimum atomic E-state index is -0.429. The van der Waals surface area contributed by atoms with Crippen molar-refractivity contribution in [3.05, 3.63) is 35.4 Å². The summed E-state index contributed by atoms with van der Waals surface area (Å²) in [6.07, 6.45) is 3.47. The maximum atomic E-state index is 12.0. The largest absolute Gasteiger partial charge is 0.323 e. The summed E-state index contributed by atoms with van der Waals surface area (Å²) in [5.41, 5.74) is 2.20. The lowest BCUT2D eigenvalue weighted by molar-refractivity contribution is 0.163. The molecule has 0 radical (unpaired) electrons. The van der Waals surface area contributed by atoms with Crippen LogP contribution in [0.5, 0.6) is 0 Å². The van der Waals surface area contributed by atoms with E-state index in [1.54, 1.807) is 0 Å². The molecule has 3 rings (SSSR count). The molecule has 2 amide bonds. The topological polar surface area (TPSA) is 56.2 Å². The van der Waals surface area contributed by atoms with E-state index in [9.17, 15) is 4.79 Å². The minimum Gasteiger partial charge on any atom is -0.311 e. The molecule has 4 heteroatoms. The second-order valence-electron chi connectivity index (χ2n) is 5.43. The highest BCUT2D eigenvalue weighted by atomic mass is 16.2. The van der Waals surface area contributed by atoms with E-state index in [-0.39, 0.29) is 6.03 Å². The number of rotatable bonds is 2. The fraction of sp³-hybridized carbons (Fsp3) is 0.467. The number of hydrogen-bond donors (Lipinski definition) is 2. The van der Waals surface area contributed by atoms with Gasteiger partial charge in [-0.05, 0) is 30.4 Å². The first-order valence-electron chi connectivity index (χ1n) is 6.92. The molecule has 2 N–H and O–H groups in total. The highest BCUT2D eigenvalue weighted by molar-refractivity contribution is 6.08. The molecule has 19 heavy (non-hydrogen) atoms. The number of benzene rings is 1. The predicted octanol–water partition coefficient (Wildman–Crippen LogP) is 2.33. The summed E-state index contributed by atoms with van der Waals surface area (Å²) in [6, 6.07) is 8.27. The van der Waals surface area contributed by atoms with Crippen molar-refractivity contribution in [3.63, 3.8) is 0 Å². The quantitative estimate of drug-likeness (QED) is 0.839. The first-order chi connectivity index (χ1) is 9.17. The van der Waals surface area contributed by atoms with Gasteiger partial charge in [0.2, 0.25) is 0 Å². The lowest BCUT2D eigenvalue weighted by Gasteiger charge is -2.40. The normalized spacial score (nSPS) is 25.6. The van der Waals surface area contributed by atoms with Gasteiger partial charge in [-0.15, -0.1) is 0 Å². The van der Waals surface area contributed by atoms with E-state index in [0.29, 0.717) is 5.84 Å². The van der Waals surface area contributed by atoms with E-state index in [1.165, 1.54) is 11.1 Å². The molecule has 1 spiro atoms. The summed E-state index contributed by atoms with van der Waals surface area (Å²) in [6.45, 7) is 2.79. The van der Waals surface area contributed by atoms with Gasteiger partial charge in [-0.25, -0.2) is 4.79 Å². The van der Waals surface area contributed by atoms with Crippen molar-refractivity contribution < 1.29 is 4.79 Å². The zero-order valence-electron chi connectivity index (χ0n) is 11.2. The summed E-state index contributed by atoms with van der Waals surface area (Å²) in [5.74, 6) is 0.375. The van der Waals surface area contributed by atoms with Gasteiger partial charge in [-0.1, -0.05) is 31.2 Å². The van der Waals surface area contributed by atoms with Gasteiger partial charge in [0.25, 0.3) is 0 Å². The number of fused-ring (bicyclic) bond motifs is 1. The number of carbonyl (C=O) groups excluding carboxylic acids is 1. The van der Waals surface area contributed by atoms with Crippen molar-refractivity contribution in [3.8, 4) is 0 Å². The lowest BCUT2D eigenvalue weighted by Crippen LogP contribution is -2.53. The van der Waals surface area contributed by atoms with Crippen molar-refractivity contribution in [2.24, 2.45) is 0 Å². The molecule has 1 heterocycles.